The molecule has 0 aromatic heterocycles. The van der Waals surface area contributed by atoms with Crippen LogP contribution in [0.1, 0.15) is 76.1 Å². The molecule has 2 N–H and O–H groups in total. The van der Waals surface area contributed by atoms with Gasteiger partial charge in [0.15, 0.2) is 0 Å². The second-order valence-electron chi connectivity index (χ2n) is 22.5. The van der Waals surface area contributed by atoms with Gasteiger partial charge in [0.1, 0.15) is 28.7 Å². The molecule has 11 rings (SSSR count). The molecule has 9 aromatic carbocycles. The largest absolute Gasteiger partial charge is 0.497 e. The normalized spacial score (nSPS) is 17.6. The first-order valence-electron chi connectivity index (χ1n) is 28.5. The number of anilines is 2. The Hall–Kier alpha value is -9.06. The van der Waals surface area contributed by atoms with Crippen LogP contribution in [0.5, 0.6) is 11.5 Å². The second kappa shape index (κ2) is 24.4. The number of rotatable bonds is 19. The lowest BCUT2D eigenvalue weighted by atomic mass is 9.89. The van der Waals surface area contributed by atoms with E-state index in [2.05, 4.69) is 101 Å². The van der Waals surface area contributed by atoms with E-state index in [1.165, 1.54) is 6.07 Å². The number of carboxylic acids is 2. The van der Waals surface area contributed by atoms with Gasteiger partial charge < -0.3 is 34.2 Å². The summed E-state index contributed by atoms with van der Waals surface area (Å²) in [6, 6.07) is 62.9. The Balaban J connectivity index is 0.759. The quantitative estimate of drug-likeness (QED) is 0.0818. The highest BCUT2D eigenvalue weighted by molar-refractivity contribution is 5.78. The van der Waals surface area contributed by atoms with Gasteiger partial charge in [0, 0.05) is 66.1 Å². The predicted octanol–water partition coefficient (Wildman–Crippen LogP) is 15.9. The first kappa shape index (κ1) is 56.8. The number of hydrogen-bond donors (Lipinski definition) is 2. The summed E-state index contributed by atoms with van der Waals surface area (Å²) in [6.07, 6.45) is 2.50. The standard InChI is InChI=1S/C73H68F2N2O7/c1-46-33-56(66-40-64(82-3)31-32-69(66)74)21-19-54(46)35-48-11-27-60(28-12-48)76-44-58(37-62(76)38-70(78)79)52-15-17-53(18-16-52)67-41-65(83-4)42-68(72(67)75)57-22-20-55(47(2)34-57)36-49-13-29-61(30-14-49)77-45-73(84-5,43-63(77)39-71(80)81)59-25-23-51(24-26-59)50-9-7-6-8-10-50/h6-34,40-42,58,62-63H,35-39,43-45H2,1-5H3,(H,78,79)(H,80,81)/t58-,62+,63-,73-/m0/s1. The maximum Gasteiger partial charge on any atom is 0.305 e. The zero-order valence-electron chi connectivity index (χ0n) is 48.0. The lowest BCUT2D eigenvalue weighted by Crippen LogP contribution is -2.34. The molecule has 84 heavy (non-hydrogen) atoms. The first-order valence-corrected chi connectivity index (χ1v) is 28.5. The van der Waals surface area contributed by atoms with Gasteiger partial charge in [-0.2, -0.15) is 0 Å². The number of hydrogen-bond acceptors (Lipinski definition) is 7. The van der Waals surface area contributed by atoms with Crippen LogP contribution in [0.25, 0.3) is 44.5 Å². The molecular weight excluding hydrogens is 1050 g/mol. The molecule has 0 bridgehead atoms. The number of methoxy groups -OCH3 is 3. The van der Waals surface area contributed by atoms with Crippen LogP contribution in [-0.4, -0.2) is 68.7 Å². The fourth-order valence-electron chi connectivity index (χ4n) is 12.7. The highest BCUT2D eigenvalue weighted by Crippen LogP contribution is 2.44. The smallest absolute Gasteiger partial charge is 0.305 e. The van der Waals surface area contributed by atoms with E-state index in [-0.39, 0.29) is 42.5 Å². The SMILES string of the molecule is COc1ccc(F)c(-c2ccc(Cc3ccc(N4C[C@@H](c5ccc(-c6cc(OC)cc(-c7ccc(Cc8ccc(N9C[C@](OC)(c%10ccc(-c%11ccccc%11)cc%10)C[C@@H]9CC(=O)O)cc8)c(C)c7)c6F)cc5)C[C@@H]4CC(=O)O)cc3)c(C)c2)c1. The fraction of sp³-hybridized carbons (Fsp3) is 0.233. The lowest BCUT2D eigenvalue weighted by molar-refractivity contribution is -0.138. The maximum atomic E-state index is 17.0. The number of halogens is 2. The Bertz CT molecular complexity index is 3830. The summed E-state index contributed by atoms with van der Waals surface area (Å²) in [5.74, 6) is -1.19. The monoisotopic (exact) mass is 1120 g/mol. The minimum Gasteiger partial charge on any atom is -0.497 e. The molecule has 11 heteroatoms. The Kier molecular flexibility index (Phi) is 16.5. The molecule has 0 radical (unpaired) electrons. The molecule has 9 aromatic rings. The Labute approximate surface area is 490 Å². The summed E-state index contributed by atoms with van der Waals surface area (Å²) in [7, 11) is 4.86. The minimum absolute atomic E-state index is 0.00137. The number of aliphatic carboxylic acids is 2. The molecule has 426 valence electrons. The van der Waals surface area contributed by atoms with Crippen molar-refractivity contribution in [3.05, 3.63) is 250 Å². The number of ether oxygens (including phenoxy) is 3. The van der Waals surface area contributed by atoms with Gasteiger partial charge in [-0.15, -0.1) is 0 Å². The van der Waals surface area contributed by atoms with Crippen molar-refractivity contribution in [1.82, 2.24) is 0 Å². The molecule has 2 heterocycles. The van der Waals surface area contributed by atoms with E-state index in [9.17, 15) is 24.2 Å². The number of aryl methyl sites for hydroxylation is 2. The molecular formula is C73H68F2N2O7. The number of carboxylic acid groups (broad SMARTS) is 2. The molecule has 0 saturated carbocycles. The molecule has 9 nitrogen and oxygen atoms in total. The van der Waals surface area contributed by atoms with E-state index in [1.807, 2.05) is 86.6 Å². The van der Waals surface area contributed by atoms with E-state index in [1.54, 1.807) is 45.6 Å². The Morgan fingerprint density at radius 1 is 0.536 bits per heavy atom. The number of nitrogens with zero attached hydrogens (tertiary/aromatic N) is 2. The number of benzene rings is 9. The molecule has 2 saturated heterocycles. The van der Waals surface area contributed by atoms with Crippen molar-refractivity contribution in [2.24, 2.45) is 0 Å². The summed E-state index contributed by atoms with van der Waals surface area (Å²) in [5, 5.41) is 20.0. The summed E-state index contributed by atoms with van der Waals surface area (Å²) >= 11 is 0. The average molecular weight is 1120 g/mol. The van der Waals surface area contributed by atoms with E-state index in [4.69, 9.17) is 14.2 Å². The van der Waals surface area contributed by atoms with Gasteiger partial charge in [-0.3, -0.25) is 9.59 Å². The Morgan fingerprint density at radius 3 is 1.61 bits per heavy atom. The topological polar surface area (TPSA) is 109 Å². The lowest BCUT2D eigenvalue weighted by Gasteiger charge is -2.29. The fourth-order valence-corrected chi connectivity index (χ4v) is 12.7. The molecule has 0 spiro atoms. The highest BCUT2D eigenvalue weighted by atomic mass is 19.1. The van der Waals surface area contributed by atoms with Crippen LogP contribution in [0.15, 0.2) is 194 Å². The van der Waals surface area contributed by atoms with Gasteiger partial charge >= 0.3 is 11.9 Å². The molecule has 2 fully saturated rings. The van der Waals surface area contributed by atoms with E-state index in [0.717, 1.165) is 78.1 Å². The van der Waals surface area contributed by atoms with Gasteiger partial charge in [-0.1, -0.05) is 140 Å². The first-order chi connectivity index (χ1) is 40.7. The van der Waals surface area contributed by atoms with Crippen molar-refractivity contribution < 1.29 is 42.8 Å². The zero-order chi connectivity index (χ0) is 58.6. The summed E-state index contributed by atoms with van der Waals surface area (Å²) in [4.78, 5) is 28.8. The maximum absolute atomic E-state index is 17.0. The van der Waals surface area contributed by atoms with Crippen LogP contribution < -0.4 is 19.3 Å². The molecule has 2 aliphatic heterocycles. The van der Waals surface area contributed by atoms with Crippen LogP contribution in [0, 0.1) is 25.5 Å². The molecule has 4 atom stereocenters. The third-order valence-corrected chi connectivity index (χ3v) is 17.4. The zero-order valence-corrected chi connectivity index (χ0v) is 48.0. The van der Waals surface area contributed by atoms with Crippen molar-refractivity contribution in [1.29, 1.82) is 0 Å². The molecule has 0 unspecified atom stereocenters. The summed E-state index contributed by atoms with van der Waals surface area (Å²) < 4.78 is 49.1. The van der Waals surface area contributed by atoms with Crippen molar-refractivity contribution in [3.8, 4) is 56.0 Å². The van der Waals surface area contributed by atoms with Gasteiger partial charge in [-0.05, 0) is 160 Å². The van der Waals surface area contributed by atoms with Gasteiger partial charge in [0.2, 0.25) is 0 Å². The van der Waals surface area contributed by atoms with E-state index in [0.29, 0.717) is 72.5 Å². The molecule has 0 amide bonds. The Morgan fingerprint density at radius 2 is 1.05 bits per heavy atom. The van der Waals surface area contributed by atoms with Crippen LogP contribution in [0.2, 0.25) is 0 Å². The second-order valence-corrected chi connectivity index (χ2v) is 22.5. The van der Waals surface area contributed by atoms with Crippen molar-refractivity contribution in [3.63, 3.8) is 0 Å². The molecule has 0 aliphatic carbocycles. The third-order valence-electron chi connectivity index (χ3n) is 17.4. The van der Waals surface area contributed by atoms with Crippen LogP contribution >= 0.6 is 0 Å². The van der Waals surface area contributed by atoms with E-state index >= 15 is 4.39 Å². The minimum atomic E-state index is -0.854. The van der Waals surface area contributed by atoms with Crippen molar-refractivity contribution >= 4 is 23.3 Å². The summed E-state index contributed by atoms with van der Waals surface area (Å²) in [6.45, 7) is 5.21. The average Bonchev–Trinajstić information content (AvgIpc) is 3.93. The van der Waals surface area contributed by atoms with Crippen LogP contribution in [-0.2, 0) is 32.8 Å². The predicted molar refractivity (Wildman–Crippen MR) is 329 cm³/mol. The van der Waals surface area contributed by atoms with Gasteiger partial charge in [-0.25, -0.2) is 8.78 Å². The van der Waals surface area contributed by atoms with Gasteiger partial charge in [0.25, 0.3) is 0 Å². The van der Waals surface area contributed by atoms with E-state index < -0.39 is 17.5 Å². The third kappa shape index (κ3) is 12.1. The van der Waals surface area contributed by atoms with Crippen LogP contribution in [0.3, 0.4) is 0 Å². The molecule has 2 aliphatic rings. The van der Waals surface area contributed by atoms with Crippen molar-refractivity contribution in [2.45, 2.75) is 76.0 Å². The van der Waals surface area contributed by atoms with Crippen molar-refractivity contribution in [2.75, 3.05) is 44.2 Å². The highest BCUT2D eigenvalue weighted by Gasteiger charge is 2.46. The number of carbonyl (C=O) groups is 2. The van der Waals surface area contributed by atoms with Gasteiger partial charge in [0.05, 0.1) is 33.6 Å². The summed E-state index contributed by atoms with van der Waals surface area (Å²) in [5.41, 5.74) is 15.5. The van der Waals surface area contributed by atoms with Crippen LogP contribution in [0.4, 0.5) is 20.2 Å².